The van der Waals surface area contributed by atoms with Gasteiger partial charge in [0.1, 0.15) is 6.61 Å². The molecule has 0 radical (unpaired) electrons. The van der Waals surface area contributed by atoms with Crippen molar-refractivity contribution in [3.8, 4) is 5.75 Å². The molecule has 0 aliphatic heterocycles. The average Bonchev–Trinajstić information content (AvgIpc) is 2.86. The monoisotopic (exact) mass is 326 g/mol. The van der Waals surface area contributed by atoms with Crippen molar-refractivity contribution in [1.29, 1.82) is 0 Å². The number of alkyl halides is 3. The molecule has 0 atom stereocenters. The van der Waals surface area contributed by atoms with Gasteiger partial charge in [-0.05, 0) is 19.4 Å². The first-order chi connectivity index (χ1) is 10.6. The Balaban J connectivity index is 2.14. The summed E-state index contributed by atoms with van der Waals surface area (Å²) >= 11 is 0. The fraction of sp³-hybridized carbons (Fsp3) is 0.375. The van der Waals surface area contributed by atoms with Gasteiger partial charge in [-0.15, -0.1) is 0 Å². The fourth-order valence-electron chi connectivity index (χ4n) is 2.19. The van der Waals surface area contributed by atoms with Crippen molar-refractivity contribution in [2.24, 2.45) is 7.05 Å². The molecule has 0 saturated carbocycles. The van der Waals surface area contributed by atoms with Gasteiger partial charge in [0.05, 0.1) is 11.6 Å². The Morgan fingerprint density at radius 2 is 1.83 bits per heavy atom. The Kier molecular flexibility index (Phi) is 4.49. The number of aromatic nitrogens is 2. The van der Waals surface area contributed by atoms with Crippen molar-refractivity contribution in [3.63, 3.8) is 0 Å². The highest BCUT2D eigenvalue weighted by Crippen LogP contribution is 2.35. The van der Waals surface area contributed by atoms with Gasteiger partial charge >= 0.3 is 6.18 Å². The van der Waals surface area contributed by atoms with Crippen LogP contribution in [0.25, 0.3) is 0 Å². The van der Waals surface area contributed by atoms with Crippen LogP contribution in [-0.2, 0) is 23.4 Å². The summed E-state index contributed by atoms with van der Waals surface area (Å²) in [4.78, 5) is 12.4. The summed E-state index contributed by atoms with van der Waals surface area (Å²) in [6.45, 7) is 2.96. The van der Waals surface area contributed by atoms with E-state index in [0.717, 1.165) is 11.8 Å². The van der Waals surface area contributed by atoms with E-state index in [1.807, 2.05) is 6.07 Å². The Hall–Kier alpha value is -2.31. The smallest absolute Gasteiger partial charge is 0.436 e. The zero-order valence-electron chi connectivity index (χ0n) is 13.0. The third-order valence-corrected chi connectivity index (χ3v) is 3.73. The SMILES string of the molecule is Cn1ncc(OCC(=O)C(C)(C)c2ccccc2)c1C(F)(F)F. The van der Waals surface area contributed by atoms with Crippen LogP contribution >= 0.6 is 0 Å². The molecule has 0 aliphatic carbocycles. The third-order valence-electron chi connectivity index (χ3n) is 3.73. The van der Waals surface area contributed by atoms with E-state index < -0.39 is 29.6 Å². The second-order valence-corrected chi connectivity index (χ2v) is 5.68. The minimum absolute atomic E-state index is 0.319. The number of aryl methyl sites for hydroxylation is 1. The van der Waals surface area contributed by atoms with Gasteiger partial charge in [-0.25, -0.2) is 0 Å². The zero-order chi connectivity index (χ0) is 17.3. The van der Waals surface area contributed by atoms with Gasteiger partial charge in [-0.2, -0.15) is 18.3 Å². The van der Waals surface area contributed by atoms with Crippen molar-refractivity contribution in [2.45, 2.75) is 25.4 Å². The number of hydrogen-bond donors (Lipinski definition) is 0. The topological polar surface area (TPSA) is 44.1 Å². The minimum Gasteiger partial charge on any atom is -0.482 e. The molecule has 1 aromatic heterocycles. The standard InChI is InChI=1S/C16H17F3N2O2/c1-15(2,11-7-5-4-6-8-11)13(22)10-23-12-9-20-21(3)14(12)16(17,18)19/h4-9H,10H2,1-3H3. The van der Waals surface area contributed by atoms with Gasteiger partial charge in [0.15, 0.2) is 17.2 Å². The molecule has 0 bridgehead atoms. The average molecular weight is 326 g/mol. The summed E-state index contributed by atoms with van der Waals surface area (Å²) in [6.07, 6.45) is -3.63. The van der Waals surface area contributed by atoms with Crippen molar-refractivity contribution >= 4 is 5.78 Å². The lowest BCUT2D eigenvalue weighted by atomic mass is 9.81. The van der Waals surface area contributed by atoms with Crippen molar-refractivity contribution < 1.29 is 22.7 Å². The molecule has 2 rings (SSSR count). The summed E-state index contributed by atoms with van der Waals surface area (Å²) < 4.78 is 44.6. The predicted octanol–water partition coefficient (Wildman–Crippen LogP) is 3.36. The van der Waals surface area contributed by atoms with E-state index in [9.17, 15) is 18.0 Å². The highest BCUT2D eigenvalue weighted by Gasteiger charge is 2.39. The van der Waals surface area contributed by atoms with Gasteiger partial charge in [0, 0.05) is 7.05 Å². The van der Waals surface area contributed by atoms with Gasteiger partial charge in [-0.3, -0.25) is 9.48 Å². The second-order valence-electron chi connectivity index (χ2n) is 5.68. The normalized spacial score (nSPS) is 12.3. The molecule has 0 fully saturated rings. The number of hydrogen-bond acceptors (Lipinski definition) is 3. The maximum absolute atomic E-state index is 12.9. The first kappa shape index (κ1) is 17.1. The summed E-state index contributed by atoms with van der Waals surface area (Å²) in [5.41, 5.74) is -1.10. The molecule has 23 heavy (non-hydrogen) atoms. The van der Waals surface area contributed by atoms with E-state index in [4.69, 9.17) is 4.74 Å². The lowest BCUT2D eigenvalue weighted by Crippen LogP contribution is -2.33. The Morgan fingerprint density at radius 3 is 2.39 bits per heavy atom. The van der Waals surface area contributed by atoms with E-state index in [1.54, 1.807) is 38.1 Å². The third kappa shape index (κ3) is 3.55. The largest absolute Gasteiger partial charge is 0.482 e. The van der Waals surface area contributed by atoms with E-state index in [2.05, 4.69) is 5.10 Å². The van der Waals surface area contributed by atoms with Gasteiger partial charge in [0.25, 0.3) is 0 Å². The van der Waals surface area contributed by atoms with Crippen molar-refractivity contribution in [1.82, 2.24) is 9.78 Å². The molecule has 1 heterocycles. The fourth-order valence-corrected chi connectivity index (χ4v) is 2.19. The Bertz CT molecular complexity index is 691. The number of ketones is 1. The number of benzene rings is 1. The lowest BCUT2D eigenvalue weighted by Gasteiger charge is -2.23. The van der Waals surface area contributed by atoms with Crippen LogP contribution in [0.1, 0.15) is 25.1 Å². The number of nitrogens with zero attached hydrogens (tertiary/aromatic N) is 2. The van der Waals surface area contributed by atoms with Crippen LogP contribution in [0.5, 0.6) is 5.75 Å². The zero-order valence-corrected chi connectivity index (χ0v) is 13.0. The van der Waals surface area contributed by atoms with Crippen molar-refractivity contribution in [3.05, 3.63) is 47.8 Å². The summed E-state index contributed by atoms with van der Waals surface area (Å²) in [5, 5.41) is 3.54. The van der Waals surface area contributed by atoms with Gasteiger partial charge in [-0.1, -0.05) is 30.3 Å². The molecule has 0 N–H and O–H groups in total. The maximum atomic E-state index is 12.9. The van der Waals surface area contributed by atoms with Crippen LogP contribution in [0.4, 0.5) is 13.2 Å². The molecule has 1 aromatic carbocycles. The summed E-state index contributed by atoms with van der Waals surface area (Å²) in [6, 6.07) is 9.01. The molecule has 0 unspecified atom stereocenters. The van der Waals surface area contributed by atoms with E-state index in [-0.39, 0.29) is 5.78 Å². The number of rotatable bonds is 5. The summed E-state index contributed by atoms with van der Waals surface area (Å²) in [7, 11) is 1.17. The Morgan fingerprint density at radius 1 is 1.22 bits per heavy atom. The molecule has 2 aromatic rings. The molecule has 124 valence electrons. The quantitative estimate of drug-likeness (QED) is 0.846. The van der Waals surface area contributed by atoms with Crippen LogP contribution < -0.4 is 4.74 Å². The molecule has 7 heteroatoms. The molecular weight excluding hydrogens is 309 g/mol. The van der Waals surface area contributed by atoms with Crippen molar-refractivity contribution in [2.75, 3.05) is 6.61 Å². The number of ether oxygens (including phenoxy) is 1. The molecule has 0 spiro atoms. The molecule has 0 saturated heterocycles. The predicted molar refractivity (Wildman–Crippen MR) is 78.2 cm³/mol. The number of carbonyl (C=O) groups excluding carboxylic acids is 1. The molecule has 0 amide bonds. The lowest BCUT2D eigenvalue weighted by molar-refractivity contribution is -0.145. The molecular formula is C16H17F3N2O2. The van der Waals surface area contributed by atoms with Crippen LogP contribution in [0.3, 0.4) is 0 Å². The number of carbonyl (C=O) groups is 1. The number of Topliss-reactive ketones (excluding diaryl/α,β-unsaturated/α-hetero) is 1. The van der Waals surface area contributed by atoms with E-state index >= 15 is 0 Å². The minimum atomic E-state index is -4.60. The van der Waals surface area contributed by atoms with Crippen LogP contribution in [0.15, 0.2) is 36.5 Å². The van der Waals surface area contributed by atoms with Gasteiger partial charge in [0.2, 0.25) is 0 Å². The molecule has 0 aliphatic rings. The van der Waals surface area contributed by atoms with Crippen LogP contribution in [0.2, 0.25) is 0 Å². The van der Waals surface area contributed by atoms with E-state index in [1.165, 1.54) is 7.05 Å². The maximum Gasteiger partial charge on any atom is 0.436 e. The Labute approximate surface area is 131 Å². The highest BCUT2D eigenvalue weighted by molar-refractivity contribution is 5.90. The first-order valence-corrected chi connectivity index (χ1v) is 6.95. The second kappa shape index (κ2) is 6.06. The number of halogens is 3. The molecule has 4 nitrogen and oxygen atoms in total. The summed E-state index contributed by atoms with van der Waals surface area (Å²) in [5.74, 6) is -0.766. The van der Waals surface area contributed by atoms with E-state index in [0.29, 0.717) is 4.68 Å². The highest BCUT2D eigenvalue weighted by atomic mass is 19.4. The first-order valence-electron chi connectivity index (χ1n) is 6.95. The van der Waals surface area contributed by atoms with Gasteiger partial charge < -0.3 is 4.74 Å². The van der Waals surface area contributed by atoms with Crippen LogP contribution in [0, 0.1) is 0 Å². The van der Waals surface area contributed by atoms with Crippen LogP contribution in [-0.4, -0.2) is 22.2 Å².